The predicted molar refractivity (Wildman–Crippen MR) is 72.7 cm³/mol. The Hall–Kier alpha value is -1.13. The first-order valence-electron chi connectivity index (χ1n) is 6.20. The third-order valence-corrected chi connectivity index (χ3v) is 2.92. The van der Waals surface area contributed by atoms with Gasteiger partial charge in [-0.25, -0.2) is 4.68 Å². The van der Waals surface area contributed by atoms with E-state index >= 15 is 0 Å². The van der Waals surface area contributed by atoms with Crippen molar-refractivity contribution in [2.75, 3.05) is 20.1 Å². The average molecular weight is 236 g/mol. The van der Waals surface area contributed by atoms with Gasteiger partial charge in [-0.2, -0.15) is 5.10 Å². The summed E-state index contributed by atoms with van der Waals surface area (Å²) in [6.45, 7) is 11.2. The summed E-state index contributed by atoms with van der Waals surface area (Å²) in [6.07, 6.45) is 6.72. The Morgan fingerprint density at radius 1 is 1.59 bits per heavy atom. The molecule has 4 heteroatoms. The zero-order chi connectivity index (χ0) is 12.7. The van der Waals surface area contributed by atoms with Crippen LogP contribution in [0.5, 0.6) is 0 Å². The standard InChI is InChI=1S/C13H24N4/c1-5-17-11-13(10-15-17)9-14-7-6-8-16(4)12(2)3/h5,10-12,14H,1,6-9H2,2-4H3. The van der Waals surface area contributed by atoms with Crippen LogP contribution in [0.2, 0.25) is 0 Å². The fourth-order valence-electron chi connectivity index (χ4n) is 1.51. The molecule has 0 aliphatic heterocycles. The largest absolute Gasteiger partial charge is 0.313 e. The minimum absolute atomic E-state index is 0.626. The van der Waals surface area contributed by atoms with E-state index in [2.05, 4.69) is 42.8 Å². The average Bonchev–Trinajstić information content (AvgIpc) is 2.76. The molecule has 0 spiro atoms. The van der Waals surface area contributed by atoms with Crippen LogP contribution in [0.3, 0.4) is 0 Å². The van der Waals surface area contributed by atoms with Gasteiger partial charge in [0.05, 0.1) is 6.20 Å². The van der Waals surface area contributed by atoms with Crippen LogP contribution in [-0.2, 0) is 6.54 Å². The molecule has 0 aromatic carbocycles. The molecule has 0 aliphatic rings. The van der Waals surface area contributed by atoms with Gasteiger partial charge >= 0.3 is 0 Å². The Morgan fingerprint density at radius 2 is 2.35 bits per heavy atom. The minimum Gasteiger partial charge on any atom is -0.313 e. The molecule has 4 nitrogen and oxygen atoms in total. The smallest absolute Gasteiger partial charge is 0.0538 e. The van der Waals surface area contributed by atoms with Gasteiger partial charge in [0, 0.05) is 30.5 Å². The number of nitrogens with zero attached hydrogens (tertiary/aromatic N) is 3. The third-order valence-electron chi connectivity index (χ3n) is 2.92. The number of hydrogen-bond acceptors (Lipinski definition) is 3. The predicted octanol–water partition coefficient (Wildman–Crippen LogP) is 1.80. The fourth-order valence-corrected chi connectivity index (χ4v) is 1.51. The zero-order valence-corrected chi connectivity index (χ0v) is 11.2. The summed E-state index contributed by atoms with van der Waals surface area (Å²) in [7, 11) is 2.17. The maximum absolute atomic E-state index is 4.14. The van der Waals surface area contributed by atoms with Crippen LogP contribution in [-0.4, -0.2) is 40.9 Å². The molecule has 96 valence electrons. The normalized spacial score (nSPS) is 11.4. The van der Waals surface area contributed by atoms with E-state index in [0.29, 0.717) is 6.04 Å². The monoisotopic (exact) mass is 236 g/mol. The minimum atomic E-state index is 0.626. The molecule has 17 heavy (non-hydrogen) atoms. The Balaban J connectivity index is 2.10. The summed E-state index contributed by atoms with van der Waals surface area (Å²) >= 11 is 0. The summed E-state index contributed by atoms with van der Waals surface area (Å²) < 4.78 is 1.73. The van der Waals surface area contributed by atoms with Crippen molar-refractivity contribution in [1.29, 1.82) is 0 Å². The van der Waals surface area contributed by atoms with E-state index in [1.165, 1.54) is 12.0 Å². The molecule has 0 fully saturated rings. The van der Waals surface area contributed by atoms with Crippen molar-refractivity contribution in [2.45, 2.75) is 32.9 Å². The van der Waals surface area contributed by atoms with Gasteiger partial charge in [0.25, 0.3) is 0 Å². The van der Waals surface area contributed by atoms with E-state index in [1.54, 1.807) is 10.9 Å². The molecule has 1 aromatic heterocycles. The van der Waals surface area contributed by atoms with Gasteiger partial charge < -0.3 is 10.2 Å². The molecule has 0 saturated carbocycles. The van der Waals surface area contributed by atoms with Crippen molar-refractivity contribution in [2.24, 2.45) is 0 Å². The van der Waals surface area contributed by atoms with Crippen molar-refractivity contribution in [1.82, 2.24) is 20.0 Å². The Labute approximate surface area is 104 Å². The van der Waals surface area contributed by atoms with E-state index in [-0.39, 0.29) is 0 Å². The molecular formula is C13H24N4. The highest BCUT2D eigenvalue weighted by molar-refractivity contribution is 5.17. The molecule has 0 radical (unpaired) electrons. The van der Waals surface area contributed by atoms with Gasteiger partial charge in [-0.05, 0) is 40.4 Å². The highest BCUT2D eigenvalue weighted by atomic mass is 15.2. The molecular weight excluding hydrogens is 212 g/mol. The molecule has 0 bridgehead atoms. The van der Waals surface area contributed by atoms with Crippen LogP contribution >= 0.6 is 0 Å². The van der Waals surface area contributed by atoms with E-state index < -0.39 is 0 Å². The van der Waals surface area contributed by atoms with E-state index in [4.69, 9.17) is 0 Å². The van der Waals surface area contributed by atoms with E-state index in [0.717, 1.165) is 19.6 Å². The lowest BCUT2D eigenvalue weighted by atomic mass is 10.3. The first-order chi connectivity index (χ1) is 8.13. The lowest BCUT2D eigenvalue weighted by Crippen LogP contribution is -2.29. The summed E-state index contributed by atoms with van der Waals surface area (Å²) in [5.74, 6) is 0. The summed E-state index contributed by atoms with van der Waals surface area (Å²) in [4.78, 5) is 2.36. The molecule has 0 unspecified atom stereocenters. The van der Waals surface area contributed by atoms with Gasteiger partial charge in [0.1, 0.15) is 0 Å². The van der Waals surface area contributed by atoms with Gasteiger partial charge in [-0.15, -0.1) is 0 Å². The van der Waals surface area contributed by atoms with Gasteiger partial charge in [-0.1, -0.05) is 6.58 Å². The van der Waals surface area contributed by atoms with Gasteiger partial charge in [0.15, 0.2) is 0 Å². The molecule has 0 saturated heterocycles. The number of hydrogen-bond donors (Lipinski definition) is 1. The summed E-state index contributed by atoms with van der Waals surface area (Å²) in [6, 6.07) is 0.626. The molecule has 0 amide bonds. The summed E-state index contributed by atoms with van der Waals surface area (Å²) in [5, 5.41) is 7.55. The highest BCUT2D eigenvalue weighted by Crippen LogP contribution is 1.98. The topological polar surface area (TPSA) is 33.1 Å². The lowest BCUT2D eigenvalue weighted by Gasteiger charge is -2.20. The van der Waals surface area contributed by atoms with Crippen molar-refractivity contribution in [3.05, 3.63) is 24.5 Å². The first-order valence-corrected chi connectivity index (χ1v) is 6.20. The van der Waals surface area contributed by atoms with E-state index in [1.807, 2.05) is 12.4 Å². The Morgan fingerprint density at radius 3 is 2.94 bits per heavy atom. The zero-order valence-electron chi connectivity index (χ0n) is 11.2. The number of aromatic nitrogens is 2. The van der Waals surface area contributed by atoms with Crippen LogP contribution in [0.1, 0.15) is 25.8 Å². The van der Waals surface area contributed by atoms with Gasteiger partial charge in [-0.3, -0.25) is 0 Å². The maximum atomic E-state index is 4.14. The molecule has 1 rings (SSSR count). The fraction of sp³-hybridized carbons (Fsp3) is 0.615. The summed E-state index contributed by atoms with van der Waals surface area (Å²) in [5.41, 5.74) is 1.20. The molecule has 1 N–H and O–H groups in total. The number of nitrogens with one attached hydrogen (secondary N) is 1. The van der Waals surface area contributed by atoms with Crippen LogP contribution in [0.4, 0.5) is 0 Å². The van der Waals surface area contributed by atoms with Crippen LogP contribution in [0.15, 0.2) is 19.0 Å². The molecule has 1 aromatic rings. The Bertz CT molecular complexity index is 330. The second-order valence-electron chi connectivity index (χ2n) is 4.62. The van der Waals surface area contributed by atoms with E-state index in [9.17, 15) is 0 Å². The quantitative estimate of drug-likeness (QED) is 0.699. The molecule has 0 atom stereocenters. The highest BCUT2D eigenvalue weighted by Gasteiger charge is 2.01. The van der Waals surface area contributed by atoms with Crippen molar-refractivity contribution in [3.63, 3.8) is 0 Å². The molecule has 0 aliphatic carbocycles. The lowest BCUT2D eigenvalue weighted by molar-refractivity contribution is 0.269. The third kappa shape index (κ3) is 5.15. The van der Waals surface area contributed by atoms with Crippen molar-refractivity contribution in [3.8, 4) is 0 Å². The first kappa shape index (κ1) is 13.9. The van der Waals surface area contributed by atoms with Crippen LogP contribution < -0.4 is 5.32 Å². The Kier molecular flexibility index (Phi) is 5.94. The van der Waals surface area contributed by atoms with Crippen molar-refractivity contribution < 1.29 is 0 Å². The number of rotatable bonds is 8. The molecule has 1 heterocycles. The van der Waals surface area contributed by atoms with Crippen LogP contribution in [0.25, 0.3) is 6.20 Å². The van der Waals surface area contributed by atoms with Crippen molar-refractivity contribution >= 4 is 6.20 Å². The SMILES string of the molecule is C=Cn1cc(CNCCCN(C)C(C)C)cn1. The second kappa shape index (κ2) is 7.25. The van der Waals surface area contributed by atoms with Crippen LogP contribution in [0, 0.1) is 0 Å². The second-order valence-corrected chi connectivity index (χ2v) is 4.62. The van der Waals surface area contributed by atoms with Gasteiger partial charge in [0.2, 0.25) is 0 Å². The maximum Gasteiger partial charge on any atom is 0.0538 e.